The molecule has 1 unspecified atom stereocenters. The predicted molar refractivity (Wildman–Crippen MR) is 115 cm³/mol. The van der Waals surface area contributed by atoms with Crippen molar-refractivity contribution in [3.05, 3.63) is 50.7 Å². The number of carbonyl (C=O) groups excluding carboxylic acids is 1. The molecule has 0 saturated carbocycles. The van der Waals surface area contributed by atoms with Crippen LogP contribution >= 0.6 is 11.3 Å². The summed E-state index contributed by atoms with van der Waals surface area (Å²) in [6, 6.07) is 0.0430. The molecular weight excluding hydrogens is 419 g/mol. The van der Waals surface area contributed by atoms with E-state index in [1.54, 1.807) is 21.7 Å². The summed E-state index contributed by atoms with van der Waals surface area (Å²) in [5.41, 5.74) is 0.748. The number of fused-ring (bicyclic) bond motifs is 2. The molecular formula is C22H23FN4O3S. The molecule has 4 heterocycles. The molecule has 1 fully saturated rings. The number of nitrogens with zero attached hydrogens (tertiary/aromatic N) is 4. The van der Waals surface area contributed by atoms with Gasteiger partial charge >= 0.3 is 0 Å². The molecule has 0 aromatic carbocycles. The van der Waals surface area contributed by atoms with Crippen LogP contribution in [0.1, 0.15) is 42.2 Å². The van der Waals surface area contributed by atoms with Gasteiger partial charge in [-0.25, -0.2) is 4.39 Å². The predicted octanol–water partition coefficient (Wildman–Crippen LogP) is 3.30. The van der Waals surface area contributed by atoms with Gasteiger partial charge in [0.1, 0.15) is 10.8 Å². The first kappa shape index (κ1) is 20.1. The maximum Gasteiger partial charge on any atom is 0.274 e. The lowest BCUT2D eigenvalue weighted by Crippen LogP contribution is -2.47. The van der Waals surface area contributed by atoms with Crippen molar-refractivity contribution < 1.29 is 14.3 Å². The minimum Gasteiger partial charge on any atom is -0.503 e. The van der Waals surface area contributed by atoms with E-state index < -0.39 is 11.2 Å². The quantitative estimate of drug-likeness (QED) is 0.788. The van der Waals surface area contributed by atoms with Crippen molar-refractivity contribution in [2.75, 3.05) is 6.54 Å². The highest BCUT2D eigenvalue weighted by Crippen LogP contribution is 2.37. The highest BCUT2D eigenvalue weighted by atomic mass is 32.1. The number of aromatic nitrogens is 3. The molecule has 3 aliphatic rings. The van der Waals surface area contributed by atoms with Crippen molar-refractivity contribution in [3.63, 3.8) is 0 Å². The third-order valence-corrected chi connectivity index (χ3v) is 7.71. The zero-order valence-electron chi connectivity index (χ0n) is 17.3. The normalized spacial score (nSPS) is 25.2. The standard InChI is InChI=1S/C22H23FN4O3S/c1-11-8-27-16(12(11)2)10-26-9-15(19(28)20(29)18(26)22(27)30)21-25-24-17(31-21)7-13-3-5-14(23)6-4-13/h3,5,9,11-12,16,29H,4,6-8,10H2,1-2H3/t11?,12-,16-/m1/s1. The number of pyridine rings is 1. The van der Waals surface area contributed by atoms with Crippen LogP contribution in [-0.2, 0) is 13.0 Å². The van der Waals surface area contributed by atoms with Crippen molar-refractivity contribution in [3.8, 4) is 16.3 Å². The highest BCUT2D eigenvalue weighted by molar-refractivity contribution is 7.14. The van der Waals surface area contributed by atoms with Gasteiger partial charge in [0.05, 0.1) is 11.6 Å². The van der Waals surface area contributed by atoms with Gasteiger partial charge in [0, 0.05) is 32.1 Å². The fourth-order valence-electron chi connectivity index (χ4n) is 4.71. The minimum absolute atomic E-state index is 0.0430. The molecule has 2 aromatic heterocycles. The Morgan fingerprint density at radius 2 is 2.00 bits per heavy atom. The molecule has 0 spiro atoms. The molecule has 7 nitrogen and oxygen atoms in total. The summed E-state index contributed by atoms with van der Waals surface area (Å²) in [6.07, 6.45) is 6.44. The second-order valence-electron chi connectivity index (χ2n) is 8.70. The Hall–Kier alpha value is -2.81. The first-order chi connectivity index (χ1) is 14.8. The van der Waals surface area contributed by atoms with Crippen molar-refractivity contribution in [2.45, 2.75) is 45.7 Å². The fourth-order valence-corrected chi connectivity index (χ4v) is 5.61. The lowest BCUT2D eigenvalue weighted by molar-refractivity contribution is 0.0637. The van der Waals surface area contributed by atoms with Crippen LogP contribution < -0.4 is 5.43 Å². The number of carbonyl (C=O) groups is 1. The summed E-state index contributed by atoms with van der Waals surface area (Å²) in [7, 11) is 0. The lowest BCUT2D eigenvalue weighted by Gasteiger charge is -2.34. The molecule has 1 N–H and O–H groups in total. The van der Waals surface area contributed by atoms with Crippen LogP contribution in [0.15, 0.2) is 34.5 Å². The van der Waals surface area contributed by atoms with E-state index in [9.17, 15) is 19.1 Å². The monoisotopic (exact) mass is 442 g/mol. The Morgan fingerprint density at radius 1 is 1.19 bits per heavy atom. The molecule has 3 atom stereocenters. The summed E-state index contributed by atoms with van der Waals surface area (Å²) in [5, 5.41) is 20.1. The molecule has 2 aromatic rings. The highest BCUT2D eigenvalue weighted by Gasteiger charge is 2.44. The largest absolute Gasteiger partial charge is 0.503 e. The van der Waals surface area contributed by atoms with Gasteiger partial charge in [-0.3, -0.25) is 9.59 Å². The van der Waals surface area contributed by atoms with Crippen LogP contribution in [0.25, 0.3) is 10.6 Å². The number of rotatable bonds is 3. The number of hydrogen-bond acceptors (Lipinski definition) is 6. The van der Waals surface area contributed by atoms with Crippen LogP contribution in [0, 0.1) is 11.8 Å². The van der Waals surface area contributed by atoms with E-state index in [0.717, 1.165) is 10.6 Å². The topological polar surface area (TPSA) is 88.3 Å². The van der Waals surface area contributed by atoms with Gasteiger partial charge in [0.25, 0.3) is 5.91 Å². The average molecular weight is 443 g/mol. The Kier molecular flexibility index (Phi) is 4.80. The second kappa shape index (κ2) is 7.40. The summed E-state index contributed by atoms with van der Waals surface area (Å²) < 4.78 is 14.9. The van der Waals surface area contributed by atoms with E-state index in [-0.39, 0.29) is 29.0 Å². The average Bonchev–Trinajstić information content (AvgIpc) is 3.32. The second-order valence-corrected chi connectivity index (χ2v) is 9.76. The van der Waals surface area contributed by atoms with Crippen molar-refractivity contribution >= 4 is 17.2 Å². The van der Waals surface area contributed by atoms with Gasteiger partial charge < -0.3 is 14.6 Å². The van der Waals surface area contributed by atoms with Crippen LogP contribution in [0.2, 0.25) is 0 Å². The maximum absolute atomic E-state index is 13.2. The molecule has 31 heavy (non-hydrogen) atoms. The van der Waals surface area contributed by atoms with Gasteiger partial charge in [-0.2, -0.15) is 0 Å². The summed E-state index contributed by atoms with van der Waals surface area (Å²) >= 11 is 1.28. The molecule has 1 aliphatic carbocycles. The zero-order chi connectivity index (χ0) is 21.9. The van der Waals surface area contributed by atoms with Gasteiger partial charge in [0.15, 0.2) is 16.5 Å². The van der Waals surface area contributed by atoms with Crippen LogP contribution in [0.5, 0.6) is 5.75 Å². The third-order valence-electron chi connectivity index (χ3n) is 6.75. The maximum atomic E-state index is 13.2. The van der Waals surface area contributed by atoms with E-state index in [1.807, 2.05) is 0 Å². The van der Waals surface area contributed by atoms with Crippen molar-refractivity contribution in [1.29, 1.82) is 0 Å². The molecule has 9 heteroatoms. The SMILES string of the molecule is CC1CN2C(=O)c3c(O)c(=O)c(-c4nnc(CC5=CC=C(F)CC5)s4)cn3C[C@@H]2[C@@H]1C. The minimum atomic E-state index is -0.608. The number of aromatic hydroxyl groups is 1. The smallest absolute Gasteiger partial charge is 0.274 e. The Balaban J connectivity index is 1.49. The molecule has 1 amide bonds. The van der Waals surface area contributed by atoms with Gasteiger partial charge in [0.2, 0.25) is 5.43 Å². The van der Waals surface area contributed by atoms with Crippen molar-refractivity contribution in [1.82, 2.24) is 19.7 Å². The third kappa shape index (κ3) is 3.31. The molecule has 1 saturated heterocycles. The van der Waals surface area contributed by atoms with E-state index in [0.29, 0.717) is 49.2 Å². The molecule has 2 aliphatic heterocycles. The summed E-state index contributed by atoms with van der Waals surface area (Å²) in [5.74, 6) is -0.256. The zero-order valence-corrected chi connectivity index (χ0v) is 18.2. The lowest BCUT2D eigenvalue weighted by atomic mass is 9.93. The fraction of sp³-hybridized carbons (Fsp3) is 0.455. The van der Waals surface area contributed by atoms with Crippen LogP contribution in [-0.4, -0.2) is 43.3 Å². The van der Waals surface area contributed by atoms with Gasteiger partial charge in [-0.05, 0) is 24.3 Å². The first-order valence-corrected chi connectivity index (χ1v) is 11.3. The van der Waals surface area contributed by atoms with Crippen LogP contribution in [0.4, 0.5) is 4.39 Å². The summed E-state index contributed by atoms with van der Waals surface area (Å²) in [6.45, 7) is 5.41. The molecule has 0 bridgehead atoms. The van der Waals surface area contributed by atoms with E-state index >= 15 is 0 Å². The van der Waals surface area contributed by atoms with E-state index in [4.69, 9.17) is 0 Å². The number of allylic oxidation sites excluding steroid dienone is 4. The number of amides is 1. The Bertz CT molecular complexity index is 1200. The van der Waals surface area contributed by atoms with E-state index in [2.05, 4.69) is 24.0 Å². The van der Waals surface area contributed by atoms with Gasteiger partial charge in [-0.15, -0.1) is 10.2 Å². The van der Waals surface area contributed by atoms with E-state index in [1.165, 1.54) is 17.4 Å². The van der Waals surface area contributed by atoms with Gasteiger partial charge in [-0.1, -0.05) is 36.8 Å². The molecule has 5 rings (SSSR count). The Morgan fingerprint density at radius 3 is 2.74 bits per heavy atom. The van der Waals surface area contributed by atoms with Crippen LogP contribution in [0.3, 0.4) is 0 Å². The van der Waals surface area contributed by atoms with Crippen molar-refractivity contribution in [2.24, 2.45) is 11.8 Å². The molecule has 162 valence electrons. The number of hydrogen-bond donors (Lipinski definition) is 1. The number of halogens is 1. The Labute approximate surface area is 182 Å². The first-order valence-electron chi connectivity index (χ1n) is 10.5. The summed E-state index contributed by atoms with van der Waals surface area (Å²) in [4.78, 5) is 27.7. The molecule has 0 radical (unpaired) electrons.